The number of aryl methyl sites for hydroxylation is 1. The first-order valence-electron chi connectivity index (χ1n) is 8.78. The third-order valence-electron chi connectivity index (χ3n) is 4.70. The summed E-state index contributed by atoms with van der Waals surface area (Å²) in [6.07, 6.45) is 1.57. The molecule has 5 heteroatoms. The molecule has 1 aromatic heterocycles. The molecule has 0 atom stereocenters. The van der Waals surface area contributed by atoms with Crippen molar-refractivity contribution in [3.05, 3.63) is 82.5 Å². The fourth-order valence-electron chi connectivity index (χ4n) is 2.73. The van der Waals surface area contributed by atoms with E-state index in [1.807, 2.05) is 12.1 Å². The average molecular weight is 378 g/mol. The van der Waals surface area contributed by atoms with E-state index in [0.717, 1.165) is 5.56 Å². The number of amides is 1. The predicted molar refractivity (Wildman–Crippen MR) is 111 cm³/mol. The predicted octanol–water partition coefficient (Wildman–Crippen LogP) is 4.67. The van der Waals surface area contributed by atoms with E-state index in [2.05, 4.69) is 55.3 Å². The Hall–Kier alpha value is -2.79. The topological polar surface area (TPSA) is 68.0 Å². The van der Waals surface area contributed by atoms with Gasteiger partial charge >= 0.3 is 0 Å². The zero-order valence-corrected chi connectivity index (χ0v) is 16.6. The molecular formula is C22H23N3OS. The number of hydrogen-bond donors (Lipinski definition) is 2. The smallest absolute Gasteiger partial charge is 0.255 e. The van der Waals surface area contributed by atoms with Crippen LogP contribution >= 0.6 is 11.8 Å². The molecule has 3 aromatic rings. The van der Waals surface area contributed by atoms with Gasteiger partial charge in [-0.3, -0.25) is 4.79 Å². The van der Waals surface area contributed by atoms with Crippen molar-refractivity contribution in [3.8, 4) is 0 Å². The van der Waals surface area contributed by atoms with Crippen molar-refractivity contribution in [2.45, 2.75) is 37.1 Å². The summed E-state index contributed by atoms with van der Waals surface area (Å²) in [6.45, 7) is 6.91. The van der Waals surface area contributed by atoms with Crippen molar-refractivity contribution in [1.29, 1.82) is 0 Å². The molecule has 2 aromatic carbocycles. The SMILES string of the molecule is Cc1ccc(Sc2ccc(CNC(=O)c3cccnc3N)cc2)c(C)c1C. The van der Waals surface area contributed by atoms with Gasteiger partial charge in [-0.1, -0.05) is 30.0 Å². The van der Waals surface area contributed by atoms with Crippen LogP contribution in [0.15, 0.2) is 64.5 Å². The first-order chi connectivity index (χ1) is 13.0. The van der Waals surface area contributed by atoms with Crippen LogP contribution in [0, 0.1) is 20.8 Å². The molecule has 1 heterocycles. The van der Waals surface area contributed by atoms with Crippen LogP contribution in [0.5, 0.6) is 0 Å². The van der Waals surface area contributed by atoms with E-state index < -0.39 is 0 Å². The second-order valence-corrected chi connectivity index (χ2v) is 7.61. The number of pyridine rings is 1. The van der Waals surface area contributed by atoms with E-state index in [1.165, 1.54) is 26.5 Å². The molecule has 0 aliphatic carbocycles. The largest absolute Gasteiger partial charge is 0.383 e. The Morgan fingerprint density at radius 2 is 1.78 bits per heavy atom. The fraction of sp³-hybridized carbons (Fsp3) is 0.182. The number of aromatic nitrogens is 1. The van der Waals surface area contributed by atoms with Crippen LogP contribution in [0.1, 0.15) is 32.6 Å². The number of hydrogen-bond acceptors (Lipinski definition) is 4. The number of carbonyl (C=O) groups is 1. The zero-order valence-electron chi connectivity index (χ0n) is 15.7. The van der Waals surface area contributed by atoms with Gasteiger partial charge in [0.1, 0.15) is 5.82 Å². The Labute approximate surface area is 164 Å². The summed E-state index contributed by atoms with van der Waals surface area (Å²) in [6, 6.07) is 15.9. The summed E-state index contributed by atoms with van der Waals surface area (Å²) in [5, 5.41) is 2.88. The Balaban J connectivity index is 1.63. The molecule has 0 saturated heterocycles. The van der Waals surface area contributed by atoms with Crippen molar-refractivity contribution in [1.82, 2.24) is 10.3 Å². The van der Waals surface area contributed by atoms with E-state index in [4.69, 9.17) is 5.73 Å². The Morgan fingerprint density at radius 3 is 2.48 bits per heavy atom. The Morgan fingerprint density at radius 1 is 1.04 bits per heavy atom. The van der Waals surface area contributed by atoms with Crippen LogP contribution < -0.4 is 11.1 Å². The molecule has 3 N–H and O–H groups in total. The number of rotatable bonds is 5. The van der Waals surface area contributed by atoms with E-state index in [9.17, 15) is 4.79 Å². The average Bonchev–Trinajstić information content (AvgIpc) is 2.68. The van der Waals surface area contributed by atoms with Crippen LogP contribution in [0.2, 0.25) is 0 Å². The van der Waals surface area contributed by atoms with Crippen molar-refractivity contribution >= 4 is 23.5 Å². The summed E-state index contributed by atoms with van der Waals surface area (Å²) in [5.74, 6) is 0.0234. The number of nitrogens with two attached hydrogens (primary N) is 1. The van der Waals surface area contributed by atoms with Gasteiger partial charge in [-0.05, 0) is 73.4 Å². The van der Waals surface area contributed by atoms with E-state index in [0.29, 0.717) is 12.1 Å². The molecule has 138 valence electrons. The van der Waals surface area contributed by atoms with Gasteiger partial charge in [0.2, 0.25) is 0 Å². The van der Waals surface area contributed by atoms with E-state index in [-0.39, 0.29) is 11.7 Å². The van der Waals surface area contributed by atoms with Gasteiger partial charge < -0.3 is 11.1 Å². The van der Waals surface area contributed by atoms with Gasteiger partial charge in [0.15, 0.2) is 0 Å². The quantitative estimate of drug-likeness (QED) is 0.678. The second-order valence-electron chi connectivity index (χ2n) is 6.50. The lowest BCUT2D eigenvalue weighted by atomic mass is 10.1. The van der Waals surface area contributed by atoms with Crippen LogP contribution in [-0.2, 0) is 6.54 Å². The highest BCUT2D eigenvalue weighted by Crippen LogP contribution is 2.32. The van der Waals surface area contributed by atoms with Crippen molar-refractivity contribution in [2.75, 3.05) is 5.73 Å². The normalized spacial score (nSPS) is 10.6. The van der Waals surface area contributed by atoms with E-state index >= 15 is 0 Å². The maximum atomic E-state index is 12.2. The van der Waals surface area contributed by atoms with Crippen LogP contribution in [0.3, 0.4) is 0 Å². The van der Waals surface area contributed by atoms with Gasteiger partial charge in [-0.2, -0.15) is 0 Å². The maximum Gasteiger partial charge on any atom is 0.255 e. The molecule has 0 aliphatic heterocycles. The Bertz CT molecular complexity index is 968. The highest BCUT2D eigenvalue weighted by atomic mass is 32.2. The molecule has 4 nitrogen and oxygen atoms in total. The number of nitrogen functional groups attached to an aromatic ring is 1. The lowest BCUT2D eigenvalue weighted by Crippen LogP contribution is -2.24. The minimum Gasteiger partial charge on any atom is -0.383 e. The third-order valence-corrected chi connectivity index (χ3v) is 5.87. The van der Waals surface area contributed by atoms with Crippen molar-refractivity contribution < 1.29 is 4.79 Å². The highest BCUT2D eigenvalue weighted by molar-refractivity contribution is 7.99. The third kappa shape index (κ3) is 4.49. The monoisotopic (exact) mass is 377 g/mol. The first kappa shape index (κ1) is 19.0. The van der Waals surface area contributed by atoms with Crippen LogP contribution in [-0.4, -0.2) is 10.9 Å². The molecule has 0 unspecified atom stereocenters. The van der Waals surface area contributed by atoms with Gasteiger partial charge in [0.25, 0.3) is 5.91 Å². The number of nitrogens with zero attached hydrogens (tertiary/aromatic N) is 1. The summed E-state index contributed by atoms with van der Waals surface area (Å²) in [5.41, 5.74) is 11.2. The molecule has 0 saturated carbocycles. The number of benzene rings is 2. The number of anilines is 1. The van der Waals surface area contributed by atoms with Gasteiger partial charge in [0.05, 0.1) is 5.56 Å². The zero-order chi connectivity index (χ0) is 19.4. The standard InChI is InChI=1S/C22H23N3OS/c1-14-6-11-20(16(3)15(14)2)27-18-9-7-17(8-10-18)13-25-22(26)19-5-4-12-24-21(19)23/h4-12H,13H2,1-3H3,(H2,23,24)(H,25,26). The lowest BCUT2D eigenvalue weighted by molar-refractivity contribution is 0.0951. The molecule has 0 fully saturated rings. The summed E-state index contributed by atoms with van der Waals surface area (Å²) < 4.78 is 0. The highest BCUT2D eigenvalue weighted by Gasteiger charge is 2.10. The van der Waals surface area contributed by atoms with Crippen LogP contribution in [0.4, 0.5) is 5.82 Å². The van der Waals surface area contributed by atoms with Gasteiger partial charge in [-0.25, -0.2) is 4.98 Å². The summed E-state index contributed by atoms with van der Waals surface area (Å²) >= 11 is 1.76. The maximum absolute atomic E-state index is 12.2. The summed E-state index contributed by atoms with van der Waals surface area (Å²) in [4.78, 5) is 18.6. The molecule has 0 radical (unpaired) electrons. The minimum absolute atomic E-state index is 0.218. The van der Waals surface area contributed by atoms with E-state index in [1.54, 1.807) is 30.1 Å². The first-order valence-corrected chi connectivity index (χ1v) is 9.59. The molecular weight excluding hydrogens is 354 g/mol. The number of carbonyl (C=O) groups excluding carboxylic acids is 1. The molecule has 0 spiro atoms. The molecule has 27 heavy (non-hydrogen) atoms. The van der Waals surface area contributed by atoms with Gasteiger partial charge in [0, 0.05) is 22.5 Å². The van der Waals surface area contributed by atoms with Crippen LogP contribution in [0.25, 0.3) is 0 Å². The van der Waals surface area contributed by atoms with Crippen molar-refractivity contribution in [2.24, 2.45) is 0 Å². The molecule has 0 bridgehead atoms. The number of nitrogens with one attached hydrogen (secondary N) is 1. The molecule has 0 aliphatic rings. The molecule has 1 amide bonds. The lowest BCUT2D eigenvalue weighted by Gasteiger charge is -2.11. The molecule has 3 rings (SSSR count). The fourth-order valence-corrected chi connectivity index (χ4v) is 3.70. The Kier molecular flexibility index (Phi) is 5.81. The second kappa shape index (κ2) is 8.27. The van der Waals surface area contributed by atoms with Gasteiger partial charge in [-0.15, -0.1) is 0 Å². The minimum atomic E-state index is -0.218. The summed E-state index contributed by atoms with van der Waals surface area (Å²) in [7, 11) is 0. The van der Waals surface area contributed by atoms with Crippen molar-refractivity contribution in [3.63, 3.8) is 0 Å².